The highest BCUT2D eigenvalue weighted by atomic mass is 16.4. The Bertz CT molecular complexity index is 794. The Balaban J connectivity index is 1.42. The van der Waals surface area contributed by atoms with Crippen LogP contribution in [0.25, 0.3) is 5.69 Å². The third-order valence-corrected chi connectivity index (χ3v) is 5.01. The largest absolute Gasteiger partial charge is 0.476 e. The van der Waals surface area contributed by atoms with Crippen LogP contribution in [0.15, 0.2) is 36.5 Å². The van der Waals surface area contributed by atoms with Crippen LogP contribution in [0.2, 0.25) is 0 Å². The fourth-order valence-electron chi connectivity index (χ4n) is 3.42. The molecule has 0 unspecified atom stereocenters. The Morgan fingerprint density at radius 1 is 1.20 bits per heavy atom. The zero-order chi connectivity index (χ0) is 17.4. The van der Waals surface area contributed by atoms with Crippen LogP contribution in [0, 0.1) is 17.8 Å². The molecule has 2 saturated carbocycles. The van der Waals surface area contributed by atoms with Crippen LogP contribution in [0.5, 0.6) is 0 Å². The molecule has 2 fully saturated rings. The predicted octanol–water partition coefficient (Wildman–Crippen LogP) is 2.62. The molecule has 1 aromatic carbocycles. The van der Waals surface area contributed by atoms with E-state index in [4.69, 9.17) is 5.11 Å². The topological polar surface area (TPSA) is 84.2 Å². The van der Waals surface area contributed by atoms with Gasteiger partial charge in [0.1, 0.15) is 0 Å². The van der Waals surface area contributed by atoms with Crippen LogP contribution < -0.4 is 5.32 Å². The zero-order valence-corrected chi connectivity index (χ0v) is 13.9. The number of amides is 1. The summed E-state index contributed by atoms with van der Waals surface area (Å²) in [6, 6.07) is 9.09. The number of nitrogens with one attached hydrogen (secondary N) is 1. The summed E-state index contributed by atoms with van der Waals surface area (Å²) >= 11 is 0. The number of hydrogen-bond acceptors (Lipinski definition) is 3. The summed E-state index contributed by atoms with van der Waals surface area (Å²) in [6.07, 6.45) is 6.38. The highest BCUT2D eigenvalue weighted by molar-refractivity contribution is 5.85. The second-order valence-electron chi connectivity index (χ2n) is 7.04. The van der Waals surface area contributed by atoms with Crippen molar-refractivity contribution in [2.45, 2.75) is 32.2 Å². The Kier molecular flexibility index (Phi) is 4.03. The van der Waals surface area contributed by atoms with Crippen LogP contribution in [-0.4, -0.2) is 26.8 Å². The first-order chi connectivity index (χ1) is 12.1. The fraction of sp³-hybridized carbons (Fsp3) is 0.421. The van der Waals surface area contributed by atoms with Gasteiger partial charge >= 0.3 is 5.97 Å². The first-order valence-electron chi connectivity index (χ1n) is 8.78. The minimum absolute atomic E-state index is 0.00964. The highest BCUT2D eigenvalue weighted by Gasteiger charge is 2.45. The SMILES string of the molecule is O=C(O)c1ccn(-c2cccc(CNC(=O)C(C3CC3)C3CC3)c2)n1. The quantitative estimate of drug-likeness (QED) is 0.812. The lowest BCUT2D eigenvalue weighted by molar-refractivity contribution is -0.126. The average Bonchev–Trinajstić information content (AvgIpc) is 3.54. The lowest BCUT2D eigenvalue weighted by atomic mass is 9.97. The molecule has 2 aliphatic carbocycles. The van der Waals surface area contributed by atoms with Gasteiger partial charge in [-0.1, -0.05) is 12.1 Å². The maximum atomic E-state index is 12.5. The minimum Gasteiger partial charge on any atom is -0.476 e. The smallest absolute Gasteiger partial charge is 0.356 e. The number of hydrogen-bond donors (Lipinski definition) is 2. The van der Waals surface area contributed by atoms with Crippen molar-refractivity contribution in [3.8, 4) is 5.69 Å². The number of benzene rings is 1. The first kappa shape index (κ1) is 15.9. The highest BCUT2D eigenvalue weighted by Crippen LogP contribution is 2.49. The van der Waals surface area contributed by atoms with E-state index in [1.807, 2.05) is 24.3 Å². The normalized spacial score (nSPS) is 16.8. The van der Waals surface area contributed by atoms with Gasteiger partial charge in [-0.3, -0.25) is 4.79 Å². The summed E-state index contributed by atoms with van der Waals surface area (Å²) in [5, 5.41) is 16.1. The Hall–Kier alpha value is -2.63. The van der Waals surface area contributed by atoms with Crippen molar-refractivity contribution in [1.29, 1.82) is 0 Å². The van der Waals surface area contributed by atoms with Gasteiger partial charge in [0, 0.05) is 18.7 Å². The van der Waals surface area contributed by atoms with Crippen LogP contribution in [-0.2, 0) is 11.3 Å². The lowest BCUT2D eigenvalue weighted by Crippen LogP contribution is -2.32. The Morgan fingerprint density at radius 3 is 2.52 bits per heavy atom. The zero-order valence-electron chi connectivity index (χ0n) is 13.9. The molecule has 1 amide bonds. The van der Waals surface area contributed by atoms with Crippen molar-refractivity contribution in [2.24, 2.45) is 17.8 Å². The molecule has 0 atom stereocenters. The standard InChI is InChI=1S/C19H21N3O3/c23-18(17(13-4-5-13)14-6-7-14)20-11-12-2-1-3-15(10-12)22-9-8-16(21-22)19(24)25/h1-3,8-10,13-14,17H,4-7,11H2,(H,20,23)(H,24,25). The molecule has 0 saturated heterocycles. The van der Waals surface area contributed by atoms with Crippen molar-refractivity contribution < 1.29 is 14.7 Å². The number of carbonyl (C=O) groups excluding carboxylic acids is 1. The molecular formula is C19H21N3O3. The number of rotatable bonds is 7. The molecule has 0 radical (unpaired) electrons. The monoisotopic (exact) mass is 339 g/mol. The number of carboxylic acids is 1. The van der Waals surface area contributed by atoms with E-state index < -0.39 is 5.97 Å². The Morgan fingerprint density at radius 2 is 1.92 bits per heavy atom. The molecule has 4 rings (SSSR count). The van der Waals surface area contributed by atoms with Gasteiger partial charge in [0.15, 0.2) is 5.69 Å². The second-order valence-corrected chi connectivity index (χ2v) is 7.04. The molecule has 130 valence electrons. The summed E-state index contributed by atoms with van der Waals surface area (Å²) in [5.41, 5.74) is 1.76. The van der Waals surface area contributed by atoms with Gasteiger partial charge in [0.05, 0.1) is 5.69 Å². The summed E-state index contributed by atoms with van der Waals surface area (Å²) in [4.78, 5) is 23.5. The predicted molar refractivity (Wildman–Crippen MR) is 91.3 cm³/mol. The molecule has 0 aliphatic heterocycles. The maximum absolute atomic E-state index is 12.5. The average molecular weight is 339 g/mol. The van der Waals surface area contributed by atoms with E-state index in [0.29, 0.717) is 18.4 Å². The van der Waals surface area contributed by atoms with Crippen LogP contribution in [0.4, 0.5) is 0 Å². The number of aromatic nitrogens is 2. The van der Waals surface area contributed by atoms with E-state index in [9.17, 15) is 9.59 Å². The minimum atomic E-state index is -1.05. The van der Waals surface area contributed by atoms with E-state index in [-0.39, 0.29) is 17.5 Å². The summed E-state index contributed by atoms with van der Waals surface area (Å²) in [7, 11) is 0. The summed E-state index contributed by atoms with van der Waals surface area (Å²) < 4.78 is 1.53. The molecule has 2 aliphatic rings. The van der Waals surface area contributed by atoms with Gasteiger partial charge < -0.3 is 10.4 Å². The number of carbonyl (C=O) groups is 2. The van der Waals surface area contributed by atoms with Gasteiger partial charge in [0.25, 0.3) is 0 Å². The molecule has 0 spiro atoms. The molecule has 2 aromatic rings. The van der Waals surface area contributed by atoms with Gasteiger partial charge in [-0.15, -0.1) is 0 Å². The number of nitrogens with zero attached hydrogens (tertiary/aromatic N) is 2. The van der Waals surface area contributed by atoms with Gasteiger partial charge in [0.2, 0.25) is 5.91 Å². The maximum Gasteiger partial charge on any atom is 0.356 e. The molecule has 6 heteroatoms. The summed E-state index contributed by atoms with van der Waals surface area (Å²) in [6.45, 7) is 0.482. The van der Waals surface area contributed by atoms with Gasteiger partial charge in [-0.2, -0.15) is 5.10 Å². The second kappa shape index (κ2) is 6.35. The molecule has 6 nitrogen and oxygen atoms in total. The molecule has 2 N–H and O–H groups in total. The number of aromatic carboxylic acids is 1. The van der Waals surface area contributed by atoms with E-state index in [0.717, 1.165) is 11.3 Å². The summed E-state index contributed by atoms with van der Waals surface area (Å²) in [5.74, 6) is 0.526. The van der Waals surface area contributed by atoms with Crippen molar-refractivity contribution in [3.63, 3.8) is 0 Å². The molecule has 0 bridgehead atoms. The van der Waals surface area contributed by atoms with Crippen LogP contribution >= 0.6 is 0 Å². The van der Waals surface area contributed by atoms with Gasteiger partial charge in [-0.05, 0) is 61.3 Å². The van der Waals surface area contributed by atoms with E-state index in [1.54, 1.807) is 6.20 Å². The number of carboxylic acid groups (broad SMARTS) is 1. The molecular weight excluding hydrogens is 318 g/mol. The van der Waals surface area contributed by atoms with Crippen molar-refractivity contribution in [1.82, 2.24) is 15.1 Å². The van der Waals surface area contributed by atoms with E-state index >= 15 is 0 Å². The fourth-order valence-corrected chi connectivity index (χ4v) is 3.42. The Labute approximate surface area is 145 Å². The molecule has 1 aromatic heterocycles. The van der Waals surface area contributed by atoms with Gasteiger partial charge in [-0.25, -0.2) is 9.48 Å². The van der Waals surface area contributed by atoms with E-state index in [2.05, 4.69) is 10.4 Å². The third kappa shape index (κ3) is 3.57. The van der Waals surface area contributed by atoms with Crippen molar-refractivity contribution >= 4 is 11.9 Å². The van der Waals surface area contributed by atoms with E-state index in [1.165, 1.54) is 36.4 Å². The van der Waals surface area contributed by atoms with Crippen LogP contribution in [0.1, 0.15) is 41.7 Å². The van der Waals surface area contributed by atoms with Crippen molar-refractivity contribution in [3.05, 3.63) is 47.8 Å². The van der Waals surface area contributed by atoms with Crippen LogP contribution in [0.3, 0.4) is 0 Å². The first-order valence-corrected chi connectivity index (χ1v) is 8.78. The molecule has 1 heterocycles. The lowest BCUT2D eigenvalue weighted by Gasteiger charge is -2.15. The van der Waals surface area contributed by atoms with Crippen molar-refractivity contribution in [2.75, 3.05) is 0 Å². The third-order valence-electron chi connectivity index (χ3n) is 5.01. The molecule has 25 heavy (non-hydrogen) atoms.